The maximum Gasteiger partial charge on any atom is 0.322 e. The molecule has 17 heavy (non-hydrogen) atoms. The molecule has 2 rings (SSSR count). The van der Waals surface area contributed by atoms with Crippen molar-refractivity contribution in [3.05, 3.63) is 18.2 Å². The minimum absolute atomic E-state index is 0.441. The molecular formula is C11H18N4O2. The lowest BCUT2D eigenvalue weighted by molar-refractivity contribution is -0.144. The molecule has 1 atom stereocenters. The molecule has 0 radical (unpaired) electrons. The average molecular weight is 238 g/mol. The van der Waals surface area contributed by atoms with Gasteiger partial charge in [-0.05, 0) is 6.92 Å². The molecule has 0 aliphatic carbocycles. The van der Waals surface area contributed by atoms with E-state index in [9.17, 15) is 4.79 Å². The molecule has 2 N–H and O–H groups in total. The van der Waals surface area contributed by atoms with Gasteiger partial charge in [0, 0.05) is 38.9 Å². The number of nitrogens with one attached hydrogen (secondary N) is 1. The van der Waals surface area contributed by atoms with Crippen LogP contribution in [0.2, 0.25) is 0 Å². The van der Waals surface area contributed by atoms with Crippen LogP contribution in [0.25, 0.3) is 0 Å². The summed E-state index contributed by atoms with van der Waals surface area (Å²) in [6, 6.07) is -0.441. The minimum atomic E-state index is -0.764. The normalized spacial score (nSPS) is 21.6. The third-order valence-electron chi connectivity index (χ3n) is 3.14. The fourth-order valence-electron chi connectivity index (χ4n) is 2.15. The summed E-state index contributed by atoms with van der Waals surface area (Å²) in [7, 11) is 0. The number of nitrogens with zero attached hydrogens (tertiary/aromatic N) is 3. The van der Waals surface area contributed by atoms with Gasteiger partial charge < -0.3 is 15.0 Å². The Morgan fingerprint density at radius 1 is 1.71 bits per heavy atom. The molecule has 2 heterocycles. The van der Waals surface area contributed by atoms with Crippen LogP contribution in [-0.2, 0) is 17.9 Å². The number of carbonyl (C=O) groups is 1. The average Bonchev–Trinajstić information content (AvgIpc) is 2.77. The highest BCUT2D eigenvalue weighted by atomic mass is 16.4. The van der Waals surface area contributed by atoms with Crippen molar-refractivity contribution in [3.8, 4) is 0 Å². The molecule has 94 valence electrons. The van der Waals surface area contributed by atoms with Crippen molar-refractivity contribution in [2.24, 2.45) is 0 Å². The summed E-state index contributed by atoms with van der Waals surface area (Å²) in [5.41, 5.74) is 1.07. The van der Waals surface area contributed by atoms with Crippen LogP contribution in [0.3, 0.4) is 0 Å². The molecule has 0 amide bonds. The maximum absolute atomic E-state index is 11.1. The Morgan fingerprint density at radius 3 is 3.24 bits per heavy atom. The molecule has 0 saturated carbocycles. The SMILES string of the molecule is CCn1cncc1CN1CCNCC1C(=O)O. The zero-order valence-electron chi connectivity index (χ0n) is 9.96. The summed E-state index contributed by atoms with van der Waals surface area (Å²) >= 11 is 0. The number of piperazine rings is 1. The highest BCUT2D eigenvalue weighted by molar-refractivity contribution is 5.73. The third-order valence-corrected chi connectivity index (χ3v) is 3.14. The van der Waals surface area contributed by atoms with Crippen LogP contribution in [0.15, 0.2) is 12.5 Å². The highest BCUT2D eigenvalue weighted by Crippen LogP contribution is 2.10. The summed E-state index contributed by atoms with van der Waals surface area (Å²) in [5.74, 6) is -0.764. The van der Waals surface area contributed by atoms with Gasteiger partial charge in [-0.15, -0.1) is 0 Å². The molecule has 1 aliphatic rings. The molecule has 0 aromatic carbocycles. The summed E-state index contributed by atoms with van der Waals surface area (Å²) < 4.78 is 2.04. The first kappa shape index (κ1) is 12.1. The number of aryl methyl sites for hydroxylation is 1. The predicted molar refractivity (Wildman–Crippen MR) is 62.6 cm³/mol. The van der Waals surface area contributed by atoms with E-state index in [-0.39, 0.29) is 0 Å². The lowest BCUT2D eigenvalue weighted by atomic mass is 10.2. The van der Waals surface area contributed by atoms with Gasteiger partial charge in [0.2, 0.25) is 0 Å². The predicted octanol–water partition coefficient (Wildman–Crippen LogP) is -0.239. The summed E-state index contributed by atoms with van der Waals surface area (Å²) in [4.78, 5) is 17.2. The lowest BCUT2D eigenvalue weighted by Crippen LogP contribution is -2.54. The van der Waals surface area contributed by atoms with Gasteiger partial charge in [-0.1, -0.05) is 0 Å². The van der Waals surface area contributed by atoms with Crippen LogP contribution in [0, 0.1) is 0 Å². The largest absolute Gasteiger partial charge is 0.480 e. The Hall–Kier alpha value is -1.40. The number of hydrogen-bond donors (Lipinski definition) is 2. The summed E-state index contributed by atoms with van der Waals surface area (Å²) in [6.07, 6.45) is 3.59. The van der Waals surface area contributed by atoms with E-state index in [4.69, 9.17) is 5.11 Å². The molecule has 1 unspecified atom stereocenters. The smallest absolute Gasteiger partial charge is 0.322 e. The van der Waals surface area contributed by atoms with Crippen LogP contribution in [-0.4, -0.2) is 51.2 Å². The van der Waals surface area contributed by atoms with Gasteiger partial charge in [0.1, 0.15) is 6.04 Å². The zero-order valence-corrected chi connectivity index (χ0v) is 9.96. The van der Waals surface area contributed by atoms with Crippen molar-refractivity contribution in [3.63, 3.8) is 0 Å². The van der Waals surface area contributed by atoms with Crippen LogP contribution >= 0.6 is 0 Å². The van der Waals surface area contributed by atoms with Crippen LogP contribution in [0.1, 0.15) is 12.6 Å². The lowest BCUT2D eigenvalue weighted by Gasteiger charge is -2.33. The van der Waals surface area contributed by atoms with Crippen molar-refractivity contribution < 1.29 is 9.90 Å². The van der Waals surface area contributed by atoms with Crippen molar-refractivity contribution in [1.82, 2.24) is 19.8 Å². The van der Waals surface area contributed by atoms with Gasteiger partial charge in [0.25, 0.3) is 0 Å². The molecule has 1 saturated heterocycles. The molecule has 6 nitrogen and oxygen atoms in total. The number of aliphatic carboxylic acids is 1. The van der Waals surface area contributed by atoms with E-state index in [1.54, 1.807) is 6.33 Å². The second kappa shape index (κ2) is 5.29. The Morgan fingerprint density at radius 2 is 2.53 bits per heavy atom. The zero-order chi connectivity index (χ0) is 12.3. The van der Waals surface area contributed by atoms with Crippen molar-refractivity contribution in [1.29, 1.82) is 0 Å². The van der Waals surface area contributed by atoms with E-state index in [0.717, 1.165) is 25.3 Å². The molecule has 6 heteroatoms. The standard InChI is InChI=1S/C11H18N4O2/c1-2-14-8-13-5-9(14)7-15-4-3-12-6-10(15)11(16)17/h5,8,10,12H,2-4,6-7H2,1H3,(H,16,17). The molecule has 0 spiro atoms. The van der Waals surface area contributed by atoms with Crippen LogP contribution in [0.5, 0.6) is 0 Å². The van der Waals surface area contributed by atoms with Gasteiger partial charge in [-0.25, -0.2) is 4.98 Å². The minimum Gasteiger partial charge on any atom is -0.480 e. The first-order valence-electron chi connectivity index (χ1n) is 5.89. The van der Waals surface area contributed by atoms with E-state index in [2.05, 4.69) is 17.2 Å². The molecule has 1 aromatic rings. The van der Waals surface area contributed by atoms with E-state index >= 15 is 0 Å². The molecular weight excluding hydrogens is 220 g/mol. The fourth-order valence-corrected chi connectivity index (χ4v) is 2.15. The van der Waals surface area contributed by atoms with E-state index < -0.39 is 12.0 Å². The Balaban J connectivity index is 2.08. The molecule has 1 aliphatic heterocycles. The topological polar surface area (TPSA) is 70.4 Å². The third kappa shape index (κ3) is 2.65. The van der Waals surface area contributed by atoms with Gasteiger partial charge >= 0.3 is 5.97 Å². The number of hydrogen-bond acceptors (Lipinski definition) is 4. The molecule has 0 bridgehead atoms. The number of carboxylic acid groups (broad SMARTS) is 1. The number of carboxylic acids is 1. The van der Waals surface area contributed by atoms with Crippen LogP contribution in [0.4, 0.5) is 0 Å². The van der Waals surface area contributed by atoms with Crippen molar-refractivity contribution in [2.75, 3.05) is 19.6 Å². The first-order valence-corrected chi connectivity index (χ1v) is 5.89. The fraction of sp³-hybridized carbons (Fsp3) is 0.636. The quantitative estimate of drug-likeness (QED) is 0.757. The van der Waals surface area contributed by atoms with Gasteiger partial charge in [0.15, 0.2) is 0 Å². The molecule has 1 fully saturated rings. The Bertz CT molecular complexity index is 391. The molecule has 1 aromatic heterocycles. The summed E-state index contributed by atoms with van der Waals surface area (Å²) in [6.45, 7) is 5.66. The van der Waals surface area contributed by atoms with Gasteiger partial charge in [0.05, 0.1) is 12.0 Å². The van der Waals surface area contributed by atoms with Gasteiger partial charge in [-0.2, -0.15) is 0 Å². The van der Waals surface area contributed by atoms with E-state index in [1.807, 2.05) is 15.7 Å². The van der Waals surface area contributed by atoms with E-state index in [0.29, 0.717) is 13.1 Å². The maximum atomic E-state index is 11.1. The number of imidazole rings is 1. The van der Waals surface area contributed by atoms with Gasteiger partial charge in [-0.3, -0.25) is 9.69 Å². The van der Waals surface area contributed by atoms with Crippen molar-refractivity contribution >= 4 is 5.97 Å². The van der Waals surface area contributed by atoms with Crippen LogP contribution < -0.4 is 5.32 Å². The summed E-state index contributed by atoms with van der Waals surface area (Å²) in [5, 5.41) is 12.3. The highest BCUT2D eigenvalue weighted by Gasteiger charge is 2.28. The second-order valence-electron chi connectivity index (χ2n) is 4.20. The first-order chi connectivity index (χ1) is 8.22. The Labute approximate surface area is 100 Å². The second-order valence-corrected chi connectivity index (χ2v) is 4.20. The number of aromatic nitrogens is 2. The van der Waals surface area contributed by atoms with Crippen molar-refractivity contribution in [2.45, 2.75) is 26.1 Å². The number of rotatable bonds is 4. The van der Waals surface area contributed by atoms with E-state index in [1.165, 1.54) is 0 Å². The Kier molecular flexibility index (Phi) is 3.75. The monoisotopic (exact) mass is 238 g/mol.